The number of carbonyl (C=O) groups excluding carboxylic acids is 2. The standard InChI is InChI=1S/C19H15ClF3N3O3S/c1-29-12-5-3-11(4-6-12)24-18-26-16(27)9-15(30-18)17(28)25-14-8-10(19(21,22)23)2-7-13(14)20/h2-8,15H,9H2,1H3,(H,25,28)(H,24,26,27)/t15-/m1/s1. The van der Waals surface area contributed by atoms with Crippen molar-refractivity contribution in [2.24, 2.45) is 4.99 Å². The summed E-state index contributed by atoms with van der Waals surface area (Å²) in [5.74, 6) is -0.454. The van der Waals surface area contributed by atoms with Crippen LogP contribution in [0.3, 0.4) is 0 Å². The van der Waals surface area contributed by atoms with E-state index in [1.54, 1.807) is 24.3 Å². The Morgan fingerprint density at radius 3 is 2.60 bits per heavy atom. The molecule has 1 fully saturated rings. The normalized spacial score (nSPS) is 18.1. The first-order chi connectivity index (χ1) is 14.2. The number of benzene rings is 2. The zero-order valence-corrected chi connectivity index (χ0v) is 17.0. The SMILES string of the molecule is COc1ccc(N=C2NC(=O)C[C@H](C(=O)Nc3cc(C(F)(F)F)ccc3Cl)S2)cc1. The summed E-state index contributed by atoms with van der Waals surface area (Å²) in [6.45, 7) is 0. The summed E-state index contributed by atoms with van der Waals surface area (Å²) < 4.78 is 43.8. The van der Waals surface area contributed by atoms with E-state index in [-0.39, 0.29) is 22.3 Å². The van der Waals surface area contributed by atoms with Crippen molar-refractivity contribution in [1.82, 2.24) is 5.32 Å². The molecule has 1 saturated heterocycles. The summed E-state index contributed by atoms with van der Waals surface area (Å²) in [5, 5.41) is 4.21. The number of hydrogen-bond donors (Lipinski definition) is 2. The zero-order valence-electron chi connectivity index (χ0n) is 15.4. The van der Waals surface area contributed by atoms with Crippen LogP contribution in [0.25, 0.3) is 0 Å². The van der Waals surface area contributed by atoms with Crippen molar-refractivity contribution in [3.8, 4) is 5.75 Å². The van der Waals surface area contributed by atoms with E-state index in [1.165, 1.54) is 7.11 Å². The lowest BCUT2D eigenvalue weighted by molar-refractivity contribution is -0.137. The smallest absolute Gasteiger partial charge is 0.416 e. The zero-order chi connectivity index (χ0) is 21.9. The molecule has 158 valence electrons. The van der Waals surface area contributed by atoms with Gasteiger partial charge in [0.1, 0.15) is 11.0 Å². The quantitative estimate of drug-likeness (QED) is 0.702. The van der Waals surface area contributed by atoms with Gasteiger partial charge in [-0.15, -0.1) is 0 Å². The van der Waals surface area contributed by atoms with Crippen molar-refractivity contribution in [2.45, 2.75) is 17.8 Å². The van der Waals surface area contributed by atoms with Crippen molar-refractivity contribution in [1.29, 1.82) is 0 Å². The number of anilines is 1. The first-order valence-corrected chi connectivity index (χ1v) is 9.78. The van der Waals surface area contributed by atoms with Gasteiger partial charge in [0.25, 0.3) is 0 Å². The number of methoxy groups -OCH3 is 1. The van der Waals surface area contributed by atoms with Crippen molar-refractivity contribution in [3.63, 3.8) is 0 Å². The molecule has 30 heavy (non-hydrogen) atoms. The van der Waals surface area contributed by atoms with Crippen LogP contribution in [0.15, 0.2) is 47.5 Å². The number of nitrogens with zero attached hydrogens (tertiary/aromatic N) is 1. The van der Waals surface area contributed by atoms with Gasteiger partial charge in [-0.25, -0.2) is 4.99 Å². The molecule has 6 nitrogen and oxygen atoms in total. The monoisotopic (exact) mass is 457 g/mol. The molecule has 0 radical (unpaired) electrons. The Labute approximate surface area is 178 Å². The minimum atomic E-state index is -4.58. The number of alkyl halides is 3. The molecule has 1 heterocycles. The average Bonchev–Trinajstić information content (AvgIpc) is 2.69. The Morgan fingerprint density at radius 1 is 1.27 bits per heavy atom. The third-order valence-corrected chi connectivity index (χ3v) is 5.43. The maximum Gasteiger partial charge on any atom is 0.416 e. The van der Waals surface area contributed by atoms with Crippen LogP contribution >= 0.6 is 23.4 Å². The van der Waals surface area contributed by atoms with E-state index >= 15 is 0 Å². The first kappa shape index (κ1) is 22.0. The van der Waals surface area contributed by atoms with E-state index in [0.717, 1.165) is 30.0 Å². The van der Waals surface area contributed by atoms with Gasteiger partial charge in [0.2, 0.25) is 11.8 Å². The summed E-state index contributed by atoms with van der Waals surface area (Å²) in [7, 11) is 1.53. The second-order valence-electron chi connectivity index (χ2n) is 6.16. The number of ether oxygens (including phenoxy) is 1. The van der Waals surface area contributed by atoms with Crippen molar-refractivity contribution >= 4 is 51.7 Å². The summed E-state index contributed by atoms with van der Waals surface area (Å²) in [6.07, 6.45) is -4.74. The van der Waals surface area contributed by atoms with Crippen LogP contribution in [0.1, 0.15) is 12.0 Å². The van der Waals surface area contributed by atoms with Gasteiger partial charge >= 0.3 is 6.18 Å². The molecule has 2 amide bonds. The molecule has 2 N–H and O–H groups in total. The van der Waals surface area contributed by atoms with Gasteiger partial charge in [-0.05, 0) is 42.5 Å². The van der Waals surface area contributed by atoms with Crippen LogP contribution in [0, 0.1) is 0 Å². The second-order valence-corrected chi connectivity index (χ2v) is 7.75. The van der Waals surface area contributed by atoms with Crippen LogP contribution in [0.5, 0.6) is 5.75 Å². The highest BCUT2D eigenvalue weighted by molar-refractivity contribution is 8.15. The summed E-state index contributed by atoms with van der Waals surface area (Å²) in [6, 6.07) is 9.34. The Kier molecular flexibility index (Phi) is 6.57. The Bertz CT molecular complexity index is 997. The fourth-order valence-corrected chi connectivity index (χ4v) is 3.70. The number of rotatable bonds is 4. The molecule has 1 atom stereocenters. The topological polar surface area (TPSA) is 79.8 Å². The highest BCUT2D eigenvalue weighted by atomic mass is 35.5. The van der Waals surface area contributed by atoms with Crippen LogP contribution in [-0.2, 0) is 15.8 Å². The number of amides is 2. The van der Waals surface area contributed by atoms with Crippen molar-refractivity contribution < 1.29 is 27.5 Å². The number of halogens is 4. The van der Waals surface area contributed by atoms with Gasteiger partial charge in [0.15, 0.2) is 5.17 Å². The highest BCUT2D eigenvalue weighted by Crippen LogP contribution is 2.34. The lowest BCUT2D eigenvalue weighted by Gasteiger charge is -2.22. The van der Waals surface area contributed by atoms with E-state index in [0.29, 0.717) is 11.4 Å². The molecule has 2 aromatic carbocycles. The number of amidine groups is 1. The minimum absolute atomic E-state index is 0.0475. The van der Waals surface area contributed by atoms with Gasteiger partial charge in [0.05, 0.1) is 29.1 Å². The van der Waals surface area contributed by atoms with Crippen LogP contribution in [0.4, 0.5) is 24.5 Å². The van der Waals surface area contributed by atoms with Crippen molar-refractivity contribution in [3.05, 3.63) is 53.1 Å². The van der Waals surface area contributed by atoms with Crippen LogP contribution in [0.2, 0.25) is 5.02 Å². The molecular formula is C19H15ClF3N3O3S. The van der Waals surface area contributed by atoms with Crippen LogP contribution < -0.4 is 15.4 Å². The van der Waals surface area contributed by atoms with Gasteiger partial charge in [0, 0.05) is 6.42 Å². The van der Waals surface area contributed by atoms with Gasteiger partial charge in [-0.2, -0.15) is 13.2 Å². The second kappa shape index (κ2) is 8.97. The molecule has 0 spiro atoms. The first-order valence-electron chi connectivity index (χ1n) is 8.52. The maximum absolute atomic E-state index is 12.9. The lowest BCUT2D eigenvalue weighted by Crippen LogP contribution is -2.41. The number of nitrogens with one attached hydrogen (secondary N) is 2. The highest BCUT2D eigenvalue weighted by Gasteiger charge is 2.33. The van der Waals surface area contributed by atoms with Gasteiger partial charge in [-0.1, -0.05) is 23.4 Å². The molecule has 1 aliphatic heterocycles. The molecule has 0 saturated carbocycles. The lowest BCUT2D eigenvalue weighted by atomic mass is 10.2. The summed E-state index contributed by atoms with van der Waals surface area (Å²) in [4.78, 5) is 28.9. The molecule has 2 aromatic rings. The average molecular weight is 458 g/mol. The predicted octanol–water partition coefficient (Wildman–Crippen LogP) is 4.62. The number of hydrogen-bond acceptors (Lipinski definition) is 5. The molecule has 0 aromatic heterocycles. The predicted molar refractivity (Wildman–Crippen MR) is 109 cm³/mol. The number of aliphatic imine (C=N–C) groups is 1. The Hall–Kier alpha value is -2.72. The van der Waals surface area contributed by atoms with E-state index in [9.17, 15) is 22.8 Å². The molecule has 11 heteroatoms. The molecule has 0 aliphatic carbocycles. The van der Waals surface area contributed by atoms with Gasteiger partial charge < -0.3 is 15.4 Å². The molecule has 1 aliphatic rings. The summed E-state index contributed by atoms with van der Waals surface area (Å²) >= 11 is 6.91. The number of carbonyl (C=O) groups is 2. The third kappa shape index (κ3) is 5.45. The Morgan fingerprint density at radius 2 is 1.97 bits per heavy atom. The van der Waals surface area contributed by atoms with E-state index in [2.05, 4.69) is 15.6 Å². The molecular weight excluding hydrogens is 443 g/mol. The molecule has 0 bridgehead atoms. The minimum Gasteiger partial charge on any atom is -0.497 e. The van der Waals surface area contributed by atoms with E-state index in [4.69, 9.17) is 16.3 Å². The fourth-order valence-electron chi connectivity index (χ4n) is 2.53. The molecule has 0 unspecified atom stereocenters. The molecule has 3 rings (SSSR count). The van der Waals surface area contributed by atoms with Crippen LogP contribution in [-0.4, -0.2) is 29.3 Å². The van der Waals surface area contributed by atoms with E-state index < -0.39 is 28.8 Å². The number of thioether (sulfide) groups is 1. The maximum atomic E-state index is 12.9. The third-order valence-electron chi connectivity index (χ3n) is 4.02. The summed E-state index contributed by atoms with van der Waals surface area (Å²) in [5.41, 5.74) is -0.602. The Balaban J connectivity index is 1.76. The largest absolute Gasteiger partial charge is 0.497 e. The fraction of sp³-hybridized carbons (Fsp3) is 0.211. The van der Waals surface area contributed by atoms with E-state index in [1.807, 2.05) is 0 Å². The van der Waals surface area contributed by atoms with Gasteiger partial charge in [-0.3, -0.25) is 9.59 Å². The van der Waals surface area contributed by atoms with Crippen molar-refractivity contribution in [2.75, 3.05) is 12.4 Å².